The number of anilines is 2. The second-order valence-electron chi connectivity index (χ2n) is 8.86. The van der Waals surface area contributed by atoms with Crippen LogP contribution in [0.1, 0.15) is 48.1 Å². The molecule has 1 heterocycles. The molecular weight excluding hydrogens is 467 g/mol. The van der Waals surface area contributed by atoms with E-state index in [2.05, 4.69) is 31.9 Å². The van der Waals surface area contributed by atoms with E-state index >= 15 is 0 Å². The molecule has 1 aliphatic rings. The van der Waals surface area contributed by atoms with Gasteiger partial charge >= 0.3 is 6.36 Å². The van der Waals surface area contributed by atoms with Crippen LogP contribution in [0.15, 0.2) is 54.6 Å². The Kier molecular flexibility index (Phi) is 7.96. The summed E-state index contributed by atoms with van der Waals surface area (Å²) in [6.45, 7) is 0.0262. The number of benzene rings is 2. The summed E-state index contributed by atoms with van der Waals surface area (Å²) in [5.41, 5.74) is 14.8. The summed E-state index contributed by atoms with van der Waals surface area (Å²) in [7, 11) is 0. The molecular formula is C27H28F3N5O. The number of alkyl halides is 3. The molecule has 0 saturated heterocycles. The SMILES string of the molecule is Nc1nc(NCc2ccccc2OC(F)(F)F)nc(CC2CCC(N)CC2)c1C#Cc1ccccc1. The molecule has 4 rings (SSSR count). The monoisotopic (exact) mass is 495 g/mol. The lowest BCUT2D eigenvalue weighted by Crippen LogP contribution is -2.27. The standard InChI is InChI=1S/C27H28F3N5O/c28-27(29,30)36-24-9-5-4-8-20(24)17-33-26-34-23(16-19-10-13-21(31)14-11-19)22(25(32)35-26)15-12-18-6-2-1-3-7-18/h1-9,19,21H,10-11,13-14,16-17,31H2,(H3,32,33,34,35). The molecule has 3 aromatic rings. The van der Waals surface area contributed by atoms with Crippen molar-refractivity contribution in [2.45, 2.75) is 51.1 Å². The number of nitrogens with two attached hydrogens (primary N) is 2. The lowest BCUT2D eigenvalue weighted by atomic mass is 9.83. The van der Waals surface area contributed by atoms with Gasteiger partial charge in [-0.3, -0.25) is 0 Å². The zero-order valence-corrected chi connectivity index (χ0v) is 19.7. The minimum Gasteiger partial charge on any atom is -0.405 e. The number of nitrogen functional groups attached to an aromatic ring is 1. The molecule has 6 nitrogen and oxygen atoms in total. The van der Waals surface area contributed by atoms with Crippen LogP contribution in [0.25, 0.3) is 0 Å². The van der Waals surface area contributed by atoms with E-state index in [9.17, 15) is 13.2 Å². The van der Waals surface area contributed by atoms with Gasteiger partial charge in [0.1, 0.15) is 11.6 Å². The van der Waals surface area contributed by atoms with Gasteiger partial charge in [-0.2, -0.15) is 4.98 Å². The lowest BCUT2D eigenvalue weighted by molar-refractivity contribution is -0.274. The van der Waals surface area contributed by atoms with Crippen molar-refractivity contribution in [3.63, 3.8) is 0 Å². The molecule has 1 fully saturated rings. The lowest BCUT2D eigenvalue weighted by Gasteiger charge is -2.26. The van der Waals surface area contributed by atoms with Crippen molar-refractivity contribution in [3.05, 3.63) is 77.0 Å². The van der Waals surface area contributed by atoms with Crippen molar-refractivity contribution in [1.82, 2.24) is 9.97 Å². The Balaban J connectivity index is 1.59. The summed E-state index contributed by atoms with van der Waals surface area (Å²) in [5, 5.41) is 3.00. The van der Waals surface area contributed by atoms with Crippen LogP contribution in [0.4, 0.5) is 24.9 Å². The Labute approximate surface area is 208 Å². The number of nitrogens with zero attached hydrogens (tertiary/aromatic N) is 2. The zero-order valence-electron chi connectivity index (χ0n) is 19.7. The van der Waals surface area contributed by atoms with Crippen molar-refractivity contribution in [3.8, 4) is 17.6 Å². The van der Waals surface area contributed by atoms with Crippen molar-refractivity contribution in [1.29, 1.82) is 0 Å². The third-order valence-corrected chi connectivity index (χ3v) is 6.13. The summed E-state index contributed by atoms with van der Waals surface area (Å²) in [6, 6.07) is 15.7. The fourth-order valence-electron chi connectivity index (χ4n) is 4.26. The van der Waals surface area contributed by atoms with Crippen LogP contribution in [0.3, 0.4) is 0 Å². The fourth-order valence-corrected chi connectivity index (χ4v) is 4.26. The first-order valence-electron chi connectivity index (χ1n) is 11.8. The summed E-state index contributed by atoms with van der Waals surface area (Å²) in [5.74, 6) is 6.81. The zero-order chi connectivity index (χ0) is 25.5. The van der Waals surface area contributed by atoms with Crippen LogP contribution >= 0.6 is 0 Å². The largest absolute Gasteiger partial charge is 0.573 e. The number of nitrogens with one attached hydrogen (secondary N) is 1. The maximum absolute atomic E-state index is 12.8. The molecule has 0 aliphatic heterocycles. The first-order chi connectivity index (χ1) is 17.3. The van der Waals surface area contributed by atoms with Gasteiger partial charge < -0.3 is 21.5 Å². The number of halogens is 3. The highest BCUT2D eigenvalue weighted by atomic mass is 19.4. The van der Waals surface area contributed by atoms with Crippen molar-refractivity contribution in [2.24, 2.45) is 11.7 Å². The Hall–Kier alpha value is -3.77. The third-order valence-electron chi connectivity index (χ3n) is 6.13. The molecule has 9 heteroatoms. The molecule has 5 N–H and O–H groups in total. The molecule has 2 aromatic carbocycles. The van der Waals surface area contributed by atoms with Gasteiger partial charge in [0.2, 0.25) is 5.95 Å². The maximum atomic E-state index is 12.8. The number of rotatable bonds is 6. The Morgan fingerprint density at radius 1 is 0.944 bits per heavy atom. The van der Waals surface area contributed by atoms with E-state index in [1.165, 1.54) is 12.1 Å². The van der Waals surface area contributed by atoms with Gasteiger partial charge in [0, 0.05) is 23.7 Å². The quantitative estimate of drug-likeness (QED) is 0.415. The van der Waals surface area contributed by atoms with Gasteiger partial charge in [-0.1, -0.05) is 48.2 Å². The fraction of sp³-hybridized carbons (Fsp3) is 0.333. The average molecular weight is 496 g/mol. The normalized spacial score (nSPS) is 17.7. The van der Waals surface area contributed by atoms with Gasteiger partial charge in [0.05, 0.1) is 11.3 Å². The number of para-hydroxylation sites is 1. The second kappa shape index (κ2) is 11.3. The van der Waals surface area contributed by atoms with Gasteiger partial charge in [0.25, 0.3) is 0 Å². The van der Waals surface area contributed by atoms with E-state index in [-0.39, 0.29) is 30.1 Å². The van der Waals surface area contributed by atoms with E-state index < -0.39 is 6.36 Å². The van der Waals surface area contributed by atoms with Crippen molar-refractivity contribution < 1.29 is 17.9 Å². The van der Waals surface area contributed by atoms with Crippen LogP contribution in [-0.2, 0) is 13.0 Å². The van der Waals surface area contributed by atoms with Crippen LogP contribution in [-0.4, -0.2) is 22.4 Å². The van der Waals surface area contributed by atoms with E-state index in [4.69, 9.17) is 11.5 Å². The minimum atomic E-state index is -4.79. The topological polar surface area (TPSA) is 99.1 Å². The van der Waals surface area contributed by atoms with Crippen LogP contribution in [0.2, 0.25) is 0 Å². The molecule has 1 aliphatic carbocycles. The predicted molar refractivity (Wildman–Crippen MR) is 133 cm³/mol. The number of hydrogen-bond donors (Lipinski definition) is 3. The van der Waals surface area contributed by atoms with Crippen molar-refractivity contribution >= 4 is 11.8 Å². The second-order valence-corrected chi connectivity index (χ2v) is 8.86. The summed E-state index contributed by atoms with van der Waals surface area (Å²) >= 11 is 0. The van der Waals surface area contributed by atoms with E-state index in [1.54, 1.807) is 12.1 Å². The summed E-state index contributed by atoms with van der Waals surface area (Å²) < 4.78 is 42.5. The maximum Gasteiger partial charge on any atom is 0.573 e. The summed E-state index contributed by atoms with van der Waals surface area (Å²) in [6.07, 6.45) is -0.232. The van der Waals surface area contributed by atoms with E-state index in [0.717, 1.165) is 31.2 Å². The molecule has 0 atom stereocenters. The Morgan fingerprint density at radius 2 is 1.64 bits per heavy atom. The molecule has 0 spiro atoms. The van der Waals surface area contributed by atoms with Crippen molar-refractivity contribution in [2.75, 3.05) is 11.1 Å². The number of aromatic nitrogens is 2. The van der Waals surface area contributed by atoms with Crippen LogP contribution < -0.4 is 21.5 Å². The van der Waals surface area contributed by atoms with Gasteiger partial charge in [-0.25, -0.2) is 4.98 Å². The molecule has 1 saturated carbocycles. The molecule has 0 radical (unpaired) electrons. The van der Waals surface area contributed by atoms with Gasteiger partial charge in [-0.15, -0.1) is 13.2 Å². The summed E-state index contributed by atoms with van der Waals surface area (Å²) in [4.78, 5) is 9.02. The number of ether oxygens (including phenoxy) is 1. The molecule has 0 unspecified atom stereocenters. The highest BCUT2D eigenvalue weighted by molar-refractivity contribution is 5.58. The smallest absolute Gasteiger partial charge is 0.405 e. The molecule has 1 aromatic heterocycles. The Bertz CT molecular complexity index is 1230. The average Bonchev–Trinajstić information content (AvgIpc) is 2.84. The predicted octanol–water partition coefficient (Wildman–Crippen LogP) is 5.03. The number of hydrogen-bond acceptors (Lipinski definition) is 6. The van der Waals surface area contributed by atoms with Crippen LogP contribution in [0, 0.1) is 17.8 Å². The highest BCUT2D eigenvalue weighted by Gasteiger charge is 2.32. The van der Waals surface area contributed by atoms with Gasteiger partial charge in [-0.05, 0) is 56.2 Å². The first kappa shape index (κ1) is 25.3. The molecule has 0 amide bonds. The molecule has 0 bridgehead atoms. The molecule has 188 valence electrons. The minimum absolute atomic E-state index is 0.0262. The Morgan fingerprint density at radius 3 is 2.36 bits per heavy atom. The van der Waals surface area contributed by atoms with E-state index in [1.807, 2.05) is 30.3 Å². The first-order valence-corrected chi connectivity index (χ1v) is 11.8. The third kappa shape index (κ3) is 7.12. The highest BCUT2D eigenvalue weighted by Crippen LogP contribution is 2.29. The van der Waals surface area contributed by atoms with Crippen LogP contribution in [0.5, 0.6) is 5.75 Å². The van der Waals surface area contributed by atoms with E-state index in [0.29, 0.717) is 29.2 Å². The molecule has 36 heavy (non-hydrogen) atoms. The van der Waals surface area contributed by atoms with Gasteiger partial charge in [0.15, 0.2) is 0 Å².